The van der Waals surface area contributed by atoms with Crippen LogP contribution in [0.4, 0.5) is 5.69 Å². The van der Waals surface area contributed by atoms with Crippen molar-refractivity contribution in [3.05, 3.63) is 42.7 Å². The summed E-state index contributed by atoms with van der Waals surface area (Å²) in [5.74, 6) is 0.810. The summed E-state index contributed by atoms with van der Waals surface area (Å²) in [6, 6.07) is 9.49. The molecule has 0 aliphatic carbocycles. The van der Waals surface area contributed by atoms with Crippen molar-refractivity contribution in [1.29, 1.82) is 0 Å². The molecule has 7 nitrogen and oxygen atoms in total. The Balaban J connectivity index is 1.94. The average Bonchev–Trinajstić information content (AvgIpc) is 3.01. The van der Waals surface area contributed by atoms with Gasteiger partial charge < -0.3 is 14.5 Å². The second kappa shape index (κ2) is 5.81. The van der Waals surface area contributed by atoms with E-state index in [-0.39, 0.29) is 4.90 Å². The number of methoxy groups -OCH3 is 2. The standard InChI is InChI=1S/C15H15N3O4S/c1-21-14-6-4-11(8-15(14)22-2)23(19,20)18-10-3-5-12-13(7-10)17-9-16-12/h3-9,18H,1-2H3,(H,16,17). The molecular weight excluding hydrogens is 318 g/mol. The molecule has 0 unspecified atom stereocenters. The van der Waals surface area contributed by atoms with Gasteiger partial charge in [-0.3, -0.25) is 4.72 Å². The smallest absolute Gasteiger partial charge is 0.262 e. The number of H-pyrrole nitrogens is 1. The Labute approximate surface area is 133 Å². The highest BCUT2D eigenvalue weighted by Crippen LogP contribution is 2.30. The van der Waals surface area contributed by atoms with Gasteiger partial charge in [0.25, 0.3) is 10.0 Å². The number of sulfonamides is 1. The first-order valence-corrected chi connectivity index (χ1v) is 8.20. The first-order valence-electron chi connectivity index (χ1n) is 6.71. The highest BCUT2D eigenvalue weighted by Gasteiger charge is 2.17. The van der Waals surface area contributed by atoms with Gasteiger partial charge in [-0.1, -0.05) is 0 Å². The molecule has 3 rings (SSSR count). The van der Waals surface area contributed by atoms with E-state index in [0.29, 0.717) is 17.2 Å². The van der Waals surface area contributed by atoms with E-state index in [1.54, 1.807) is 30.6 Å². The fourth-order valence-electron chi connectivity index (χ4n) is 2.20. The highest BCUT2D eigenvalue weighted by atomic mass is 32.2. The zero-order valence-electron chi connectivity index (χ0n) is 12.5. The van der Waals surface area contributed by atoms with Crippen molar-refractivity contribution in [2.24, 2.45) is 0 Å². The minimum atomic E-state index is -3.74. The maximum atomic E-state index is 12.5. The van der Waals surface area contributed by atoms with Crippen LogP contribution in [-0.2, 0) is 10.0 Å². The van der Waals surface area contributed by atoms with Crippen molar-refractivity contribution in [3.63, 3.8) is 0 Å². The Kier molecular flexibility index (Phi) is 3.83. The summed E-state index contributed by atoms with van der Waals surface area (Å²) in [5, 5.41) is 0. The van der Waals surface area contributed by atoms with Crippen molar-refractivity contribution in [2.75, 3.05) is 18.9 Å². The van der Waals surface area contributed by atoms with E-state index < -0.39 is 10.0 Å². The van der Waals surface area contributed by atoms with Crippen molar-refractivity contribution in [3.8, 4) is 11.5 Å². The van der Waals surface area contributed by atoms with Gasteiger partial charge in [0.15, 0.2) is 11.5 Å². The molecule has 0 saturated carbocycles. The van der Waals surface area contributed by atoms with Gasteiger partial charge in [0.1, 0.15) is 0 Å². The van der Waals surface area contributed by atoms with Crippen LogP contribution in [0.5, 0.6) is 11.5 Å². The summed E-state index contributed by atoms with van der Waals surface area (Å²) >= 11 is 0. The molecule has 3 aromatic rings. The first-order chi connectivity index (χ1) is 11.0. The summed E-state index contributed by atoms with van der Waals surface area (Å²) in [4.78, 5) is 7.11. The van der Waals surface area contributed by atoms with Gasteiger partial charge in [0.2, 0.25) is 0 Å². The topological polar surface area (TPSA) is 93.3 Å². The Bertz CT molecular complexity index is 950. The molecule has 120 valence electrons. The number of aromatic amines is 1. The lowest BCUT2D eigenvalue weighted by Gasteiger charge is -2.11. The van der Waals surface area contributed by atoms with Crippen LogP contribution in [0.2, 0.25) is 0 Å². The number of anilines is 1. The van der Waals surface area contributed by atoms with Gasteiger partial charge in [-0.15, -0.1) is 0 Å². The molecule has 0 radical (unpaired) electrons. The minimum absolute atomic E-state index is 0.0832. The fraction of sp³-hybridized carbons (Fsp3) is 0.133. The van der Waals surface area contributed by atoms with Crippen LogP contribution in [0.1, 0.15) is 0 Å². The average molecular weight is 333 g/mol. The van der Waals surface area contributed by atoms with Gasteiger partial charge in [0.05, 0.1) is 42.2 Å². The number of benzene rings is 2. The van der Waals surface area contributed by atoms with Gasteiger partial charge in [-0.25, -0.2) is 13.4 Å². The largest absolute Gasteiger partial charge is 0.493 e. The zero-order valence-corrected chi connectivity index (χ0v) is 13.3. The Morgan fingerprint density at radius 2 is 1.83 bits per heavy atom. The monoisotopic (exact) mass is 333 g/mol. The number of hydrogen-bond donors (Lipinski definition) is 2. The van der Waals surface area contributed by atoms with Crippen LogP contribution in [0.3, 0.4) is 0 Å². The normalized spacial score (nSPS) is 11.4. The third kappa shape index (κ3) is 2.93. The van der Waals surface area contributed by atoms with E-state index in [9.17, 15) is 8.42 Å². The van der Waals surface area contributed by atoms with Gasteiger partial charge >= 0.3 is 0 Å². The van der Waals surface area contributed by atoms with Crippen molar-refractivity contribution < 1.29 is 17.9 Å². The predicted octanol–water partition coefficient (Wildman–Crippen LogP) is 2.38. The summed E-state index contributed by atoms with van der Waals surface area (Å²) < 4.78 is 37.8. The molecule has 2 N–H and O–H groups in total. The lowest BCUT2D eigenvalue weighted by Crippen LogP contribution is -2.13. The highest BCUT2D eigenvalue weighted by molar-refractivity contribution is 7.92. The first kappa shape index (κ1) is 15.2. The molecule has 0 fully saturated rings. The molecule has 0 bridgehead atoms. The van der Waals surface area contributed by atoms with Gasteiger partial charge in [-0.05, 0) is 30.3 Å². The molecule has 23 heavy (non-hydrogen) atoms. The molecule has 8 heteroatoms. The van der Waals surface area contributed by atoms with Crippen LogP contribution in [0.25, 0.3) is 11.0 Å². The van der Waals surface area contributed by atoms with E-state index in [1.165, 1.54) is 26.4 Å². The number of ether oxygens (including phenoxy) is 2. The summed E-state index contributed by atoms with van der Waals surface area (Å²) in [5.41, 5.74) is 1.95. The number of imidazole rings is 1. The third-order valence-electron chi connectivity index (χ3n) is 3.34. The Hall–Kier alpha value is -2.74. The molecule has 0 aliphatic heterocycles. The number of nitrogens with zero attached hydrogens (tertiary/aromatic N) is 1. The Morgan fingerprint density at radius 3 is 2.57 bits per heavy atom. The number of nitrogens with one attached hydrogen (secondary N) is 2. The molecule has 0 amide bonds. The van der Waals surface area contributed by atoms with E-state index in [0.717, 1.165) is 11.0 Å². The molecule has 0 atom stereocenters. The van der Waals surface area contributed by atoms with Gasteiger partial charge in [-0.2, -0.15) is 0 Å². The third-order valence-corrected chi connectivity index (χ3v) is 4.72. The number of hydrogen-bond acceptors (Lipinski definition) is 5. The number of aromatic nitrogens is 2. The van der Waals surface area contributed by atoms with Crippen LogP contribution in [-0.4, -0.2) is 32.6 Å². The van der Waals surface area contributed by atoms with Crippen molar-refractivity contribution in [1.82, 2.24) is 9.97 Å². The SMILES string of the molecule is COc1ccc(S(=O)(=O)Nc2ccc3nc[nH]c3c2)cc1OC. The zero-order chi connectivity index (χ0) is 16.4. The predicted molar refractivity (Wildman–Crippen MR) is 86.4 cm³/mol. The maximum absolute atomic E-state index is 12.5. The van der Waals surface area contributed by atoms with Gasteiger partial charge in [0, 0.05) is 6.07 Å². The van der Waals surface area contributed by atoms with E-state index in [1.807, 2.05) is 0 Å². The minimum Gasteiger partial charge on any atom is -0.493 e. The molecule has 0 spiro atoms. The van der Waals surface area contributed by atoms with Crippen LogP contribution >= 0.6 is 0 Å². The summed E-state index contributed by atoms with van der Waals surface area (Å²) in [7, 11) is -0.800. The van der Waals surface area contributed by atoms with Crippen LogP contribution < -0.4 is 14.2 Å². The summed E-state index contributed by atoms with van der Waals surface area (Å²) in [6.45, 7) is 0. The second-order valence-electron chi connectivity index (χ2n) is 4.76. The molecule has 0 aliphatic rings. The molecule has 2 aromatic carbocycles. The number of rotatable bonds is 5. The fourth-order valence-corrected chi connectivity index (χ4v) is 3.26. The lowest BCUT2D eigenvalue weighted by molar-refractivity contribution is 0.354. The maximum Gasteiger partial charge on any atom is 0.262 e. The molecule has 0 saturated heterocycles. The van der Waals surface area contributed by atoms with Crippen molar-refractivity contribution >= 4 is 26.7 Å². The lowest BCUT2D eigenvalue weighted by atomic mass is 10.3. The van der Waals surface area contributed by atoms with Crippen LogP contribution in [0, 0.1) is 0 Å². The molecular formula is C15H15N3O4S. The molecule has 1 heterocycles. The van der Waals surface area contributed by atoms with E-state index in [2.05, 4.69) is 14.7 Å². The Morgan fingerprint density at radius 1 is 1.04 bits per heavy atom. The van der Waals surface area contributed by atoms with Crippen LogP contribution in [0.15, 0.2) is 47.6 Å². The second-order valence-corrected chi connectivity index (χ2v) is 6.44. The molecule has 1 aromatic heterocycles. The van der Waals surface area contributed by atoms with E-state index in [4.69, 9.17) is 9.47 Å². The van der Waals surface area contributed by atoms with E-state index >= 15 is 0 Å². The quantitative estimate of drug-likeness (QED) is 0.748. The number of fused-ring (bicyclic) bond motifs is 1. The summed E-state index contributed by atoms with van der Waals surface area (Å²) in [6.07, 6.45) is 1.55. The van der Waals surface area contributed by atoms with Crippen molar-refractivity contribution in [2.45, 2.75) is 4.90 Å².